The SMILES string of the molecule is Cc1ccc(C)c(NC(=O)[C@@H](c2ccccc2)n2nc(-c3cccs3)oc2=O)c1. The van der Waals surface area contributed by atoms with Gasteiger partial charge in [0.25, 0.3) is 11.8 Å². The summed E-state index contributed by atoms with van der Waals surface area (Å²) in [6, 6.07) is 17.6. The van der Waals surface area contributed by atoms with Crippen LogP contribution in [-0.4, -0.2) is 15.7 Å². The summed E-state index contributed by atoms with van der Waals surface area (Å²) in [5.74, 6) is -0.845. The molecule has 4 rings (SSSR count). The van der Waals surface area contributed by atoms with Crippen molar-refractivity contribution in [3.05, 3.63) is 93.3 Å². The second-order valence-corrected chi connectivity index (χ2v) is 7.66. The van der Waals surface area contributed by atoms with E-state index in [2.05, 4.69) is 10.4 Å². The molecule has 146 valence electrons. The van der Waals surface area contributed by atoms with Crippen molar-refractivity contribution in [1.29, 1.82) is 0 Å². The molecule has 1 atom stereocenters. The summed E-state index contributed by atoms with van der Waals surface area (Å²) < 4.78 is 6.43. The first kappa shape index (κ1) is 18.9. The number of thiophene rings is 1. The van der Waals surface area contributed by atoms with Crippen LogP contribution in [-0.2, 0) is 4.79 Å². The molecule has 29 heavy (non-hydrogen) atoms. The predicted molar refractivity (Wildman–Crippen MR) is 113 cm³/mol. The zero-order valence-corrected chi connectivity index (χ0v) is 16.8. The summed E-state index contributed by atoms with van der Waals surface area (Å²) >= 11 is 1.41. The van der Waals surface area contributed by atoms with Gasteiger partial charge in [0.2, 0.25) is 0 Å². The third-order valence-electron chi connectivity index (χ3n) is 4.56. The average Bonchev–Trinajstić information content (AvgIpc) is 3.36. The van der Waals surface area contributed by atoms with Crippen LogP contribution in [0.25, 0.3) is 10.8 Å². The van der Waals surface area contributed by atoms with Gasteiger partial charge in [0.05, 0.1) is 4.88 Å². The Morgan fingerprint density at radius 3 is 2.62 bits per heavy atom. The van der Waals surface area contributed by atoms with Crippen LogP contribution in [0.2, 0.25) is 0 Å². The van der Waals surface area contributed by atoms with E-state index in [1.807, 2.05) is 67.8 Å². The number of aromatic nitrogens is 2. The number of nitrogens with one attached hydrogen (secondary N) is 1. The van der Waals surface area contributed by atoms with E-state index < -0.39 is 11.8 Å². The molecule has 0 aliphatic rings. The summed E-state index contributed by atoms with van der Waals surface area (Å²) in [6.45, 7) is 3.88. The molecular formula is C22H19N3O3S. The first-order valence-electron chi connectivity index (χ1n) is 9.09. The number of carbonyl (C=O) groups excluding carboxylic acids is 1. The van der Waals surface area contributed by atoms with Gasteiger partial charge in [-0.15, -0.1) is 16.4 Å². The van der Waals surface area contributed by atoms with Gasteiger partial charge in [0.1, 0.15) is 0 Å². The minimum Gasteiger partial charge on any atom is -0.387 e. The molecule has 2 aromatic heterocycles. The molecular weight excluding hydrogens is 386 g/mol. The molecule has 0 radical (unpaired) electrons. The molecule has 0 saturated carbocycles. The normalized spacial score (nSPS) is 11.9. The van der Waals surface area contributed by atoms with Crippen LogP contribution < -0.4 is 11.1 Å². The van der Waals surface area contributed by atoms with Crippen molar-refractivity contribution < 1.29 is 9.21 Å². The van der Waals surface area contributed by atoms with Crippen LogP contribution in [0.4, 0.5) is 5.69 Å². The Kier molecular flexibility index (Phi) is 5.14. The van der Waals surface area contributed by atoms with Crippen molar-refractivity contribution in [1.82, 2.24) is 9.78 Å². The van der Waals surface area contributed by atoms with E-state index in [1.54, 1.807) is 12.1 Å². The van der Waals surface area contributed by atoms with Gasteiger partial charge in [0, 0.05) is 5.69 Å². The van der Waals surface area contributed by atoms with Crippen molar-refractivity contribution in [2.45, 2.75) is 19.9 Å². The molecule has 1 amide bonds. The highest BCUT2D eigenvalue weighted by Crippen LogP contribution is 2.25. The molecule has 0 bridgehead atoms. The number of hydrogen-bond donors (Lipinski definition) is 1. The zero-order valence-electron chi connectivity index (χ0n) is 16.0. The molecule has 1 N–H and O–H groups in total. The Bertz CT molecular complexity index is 1190. The van der Waals surface area contributed by atoms with E-state index in [-0.39, 0.29) is 11.8 Å². The number of anilines is 1. The quantitative estimate of drug-likeness (QED) is 0.534. The Labute approximate surface area is 171 Å². The summed E-state index contributed by atoms with van der Waals surface area (Å²) in [5, 5.41) is 9.13. The molecule has 0 fully saturated rings. The van der Waals surface area contributed by atoms with E-state index in [1.165, 1.54) is 11.3 Å². The Morgan fingerprint density at radius 2 is 1.90 bits per heavy atom. The predicted octanol–water partition coefficient (Wildman–Crippen LogP) is 4.41. The third kappa shape index (κ3) is 3.90. The second kappa shape index (κ2) is 7.89. The fraction of sp³-hybridized carbons (Fsp3) is 0.136. The van der Waals surface area contributed by atoms with E-state index in [9.17, 15) is 9.59 Å². The third-order valence-corrected chi connectivity index (χ3v) is 5.42. The smallest absolute Gasteiger partial charge is 0.387 e. The minimum atomic E-state index is -0.957. The van der Waals surface area contributed by atoms with Crippen LogP contribution in [0.3, 0.4) is 0 Å². The maximum atomic E-state index is 13.3. The number of nitrogens with zero attached hydrogens (tertiary/aromatic N) is 2. The second-order valence-electron chi connectivity index (χ2n) is 6.72. The lowest BCUT2D eigenvalue weighted by Gasteiger charge is -2.17. The molecule has 6 nitrogen and oxygen atoms in total. The fourth-order valence-corrected chi connectivity index (χ4v) is 3.71. The average molecular weight is 405 g/mol. The molecule has 0 aliphatic heterocycles. The van der Waals surface area contributed by atoms with Gasteiger partial charge in [-0.2, -0.15) is 4.68 Å². The van der Waals surface area contributed by atoms with Gasteiger partial charge in [-0.1, -0.05) is 48.5 Å². The van der Waals surface area contributed by atoms with Gasteiger partial charge < -0.3 is 9.73 Å². The van der Waals surface area contributed by atoms with E-state index in [0.717, 1.165) is 20.7 Å². The van der Waals surface area contributed by atoms with Crippen molar-refractivity contribution in [2.24, 2.45) is 0 Å². The molecule has 2 heterocycles. The highest BCUT2D eigenvalue weighted by molar-refractivity contribution is 7.13. The summed E-state index contributed by atoms with van der Waals surface area (Å²) in [5.41, 5.74) is 3.30. The zero-order chi connectivity index (χ0) is 20.4. The topological polar surface area (TPSA) is 77.1 Å². The minimum absolute atomic E-state index is 0.200. The van der Waals surface area contributed by atoms with Crippen molar-refractivity contribution in [2.75, 3.05) is 5.32 Å². The maximum absolute atomic E-state index is 13.3. The molecule has 0 saturated heterocycles. The van der Waals surface area contributed by atoms with Gasteiger partial charge in [-0.3, -0.25) is 4.79 Å². The molecule has 4 aromatic rings. The maximum Gasteiger partial charge on any atom is 0.438 e. The van der Waals surface area contributed by atoms with Gasteiger partial charge >= 0.3 is 5.76 Å². The van der Waals surface area contributed by atoms with Crippen LogP contribution in [0, 0.1) is 13.8 Å². The first-order chi connectivity index (χ1) is 14.0. The molecule has 0 unspecified atom stereocenters. The van der Waals surface area contributed by atoms with Gasteiger partial charge in [-0.25, -0.2) is 4.79 Å². The van der Waals surface area contributed by atoms with E-state index >= 15 is 0 Å². The number of rotatable bonds is 5. The van der Waals surface area contributed by atoms with Crippen LogP contribution in [0.1, 0.15) is 22.7 Å². The Hall–Kier alpha value is -3.45. The first-order valence-corrected chi connectivity index (χ1v) is 9.97. The van der Waals surface area contributed by atoms with Crippen LogP contribution in [0.5, 0.6) is 0 Å². The largest absolute Gasteiger partial charge is 0.438 e. The standard InChI is InChI=1S/C22H19N3O3S/c1-14-10-11-15(2)17(13-14)23-20(26)19(16-7-4-3-5-8-16)25-22(27)28-21(24-25)18-9-6-12-29-18/h3-13,19H,1-2H3,(H,23,26)/t19-/m1/s1. The highest BCUT2D eigenvalue weighted by Gasteiger charge is 2.28. The Morgan fingerprint density at radius 1 is 1.10 bits per heavy atom. The van der Waals surface area contributed by atoms with Crippen LogP contribution in [0.15, 0.2) is 75.3 Å². The highest BCUT2D eigenvalue weighted by atomic mass is 32.1. The number of benzene rings is 2. The van der Waals surface area contributed by atoms with Crippen molar-refractivity contribution in [3.63, 3.8) is 0 Å². The van der Waals surface area contributed by atoms with E-state index in [4.69, 9.17) is 4.42 Å². The Balaban J connectivity index is 1.76. The molecule has 7 heteroatoms. The van der Waals surface area contributed by atoms with Gasteiger partial charge in [-0.05, 0) is 48.1 Å². The molecule has 2 aromatic carbocycles. The number of carbonyl (C=O) groups is 1. The molecule has 0 aliphatic carbocycles. The fourth-order valence-electron chi connectivity index (χ4n) is 3.06. The lowest BCUT2D eigenvalue weighted by Crippen LogP contribution is -2.33. The van der Waals surface area contributed by atoms with Crippen molar-refractivity contribution >= 4 is 22.9 Å². The molecule has 0 spiro atoms. The van der Waals surface area contributed by atoms with Crippen molar-refractivity contribution in [3.8, 4) is 10.8 Å². The monoisotopic (exact) mass is 405 g/mol. The van der Waals surface area contributed by atoms with Gasteiger partial charge in [0.15, 0.2) is 6.04 Å². The number of aryl methyl sites for hydroxylation is 2. The number of amides is 1. The van der Waals surface area contributed by atoms with Crippen LogP contribution >= 0.6 is 11.3 Å². The summed E-state index contributed by atoms with van der Waals surface area (Å²) in [4.78, 5) is 26.6. The summed E-state index contributed by atoms with van der Waals surface area (Å²) in [6.07, 6.45) is 0. The lowest BCUT2D eigenvalue weighted by atomic mass is 10.1. The summed E-state index contributed by atoms with van der Waals surface area (Å²) in [7, 11) is 0. The lowest BCUT2D eigenvalue weighted by molar-refractivity contribution is -0.118. The number of hydrogen-bond acceptors (Lipinski definition) is 5. The van der Waals surface area contributed by atoms with E-state index in [0.29, 0.717) is 11.3 Å².